The summed E-state index contributed by atoms with van der Waals surface area (Å²) in [6, 6.07) is 3.95. The van der Waals surface area contributed by atoms with E-state index in [0.717, 1.165) is 0 Å². The number of hydrogen-bond acceptors (Lipinski definition) is 1. The summed E-state index contributed by atoms with van der Waals surface area (Å²) in [4.78, 5) is 0. The maximum Gasteiger partial charge on any atom is 0.123 e. The standard InChI is InChI=1S/C8H9ClFN/c1-5(11)7-4-6(10)2-3-8(7)9/h2-5H,11H2,1H3/t5-/m0/s1. The molecule has 1 aromatic carbocycles. The van der Waals surface area contributed by atoms with E-state index in [4.69, 9.17) is 17.3 Å². The second-order valence-corrected chi connectivity index (χ2v) is 2.86. The summed E-state index contributed by atoms with van der Waals surface area (Å²) in [5.41, 5.74) is 6.18. The van der Waals surface area contributed by atoms with Gasteiger partial charge in [-0.1, -0.05) is 11.6 Å². The van der Waals surface area contributed by atoms with E-state index in [1.807, 2.05) is 0 Å². The van der Waals surface area contributed by atoms with E-state index >= 15 is 0 Å². The summed E-state index contributed by atoms with van der Waals surface area (Å²) in [7, 11) is 0. The highest BCUT2D eigenvalue weighted by atomic mass is 35.5. The van der Waals surface area contributed by atoms with Crippen molar-refractivity contribution in [3.05, 3.63) is 34.6 Å². The van der Waals surface area contributed by atoms with E-state index < -0.39 is 0 Å². The van der Waals surface area contributed by atoms with Gasteiger partial charge in [-0.05, 0) is 30.7 Å². The van der Waals surface area contributed by atoms with Gasteiger partial charge >= 0.3 is 0 Å². The predicted octanol–water partition coefficient (Wildman–Crippen LogP) is 2.50. The largest absolute Gasteiger partial charge is 0.324 e. The number of rotatable bonds is 1. The van der Waals surface area contributed by atoms with Crippen LogP contribution in [0.15, 0.2) is 18.2 Å². The molecular weight excluding hydrogens is 165 g/mol. The Hall–Kier alpha value is -0.600. The van der Waals surface area contributed by atoms with Gasteiger partial charge in [-0.2, -0.15) is 0 Å². The van der Waals surface area contributed by atoms with Gasteiger partial charge < -0.3 is 5.73 Å². The van der Waals surface area contributed by atoms with Gasteiger partial charge in [0.05, 0.1) is 0 Å². The fourth-order valence-electron chi connectivity index (χ4n) is 0.864. The van der Waals surface area contributed by atoms with E-state index in [9.17, 15) is 4.39 Å². The van der Waals surface area contributed by atoms with Crippen LogP contribution in [-0.2, 0) is 0 Å². The third-order valence-corrected chi connectivity index (χ3v) is 1.79. The Bertz CT molecular complexity index is 260. The maximum absolute atomic E-state index is 12.6. The average Bonchev–Trinajstić information content (AvgIpc) is 1.94. The quantitative estimate of drug-likeness (QED) is 0.694. The number of nitrogens with two attached hydrogens (primary N) is 1. The number of halogens is 2. The second-order valence-electron chi connectivity index (χ2n) is 2.45. The molecule has 11 heavy (non-hydrogen) atoms. The van der Waals surface area contributed by atoms with Crippen LogP contribution >= 0.6 is 11.6 Å². The molecule has 0 saturated heterocycles. The Balaban J connectivity index is 3.13. The molecule has 60 valence electrons. The van der Waals surface area contributed by atoms with Crippen molar-refractivity contribution in [1.82, 2.24) is 0 Å². The van der Waals surface area contributed by atoms with Crippen molar-refractivity contribution in [1.29, 1.82) is 0 Å². The Morgan fingerprint density at radius 2 is 2.18 bits per heavy atom. The Morgan fingerprint density at radius 3 is 2.64 bits per heavy atom. The van der Waals surface area contributed by atoms with Crippen molar-refractivity contribution in [2.75, 3.05) is 0 Å². The molecule has 1 nitrogen and oxygen atoms in total. The molecule has 0 unspecified atom stereocenters. The van der Waals surface area contributed by atoms with Crippen LogP contribution in [0, 0.1) is 5.82 Å². The normalized spacial score (nSPS) is 13.1. The topological polar surface area (TPSA) is 26.0 Å². The summed E-state index contributed by atoms with van der Waals surface area (Å²) in [5.74, 6) is -0.304. The molecule has 0 heterocycles. The van der Waals surface area contributed by atoms with Crippen molar-refractivity contribution in [2.45, 2.75) is 13.0 Å². The van der Waals surface area contributed by atoms with Gasteiger partial charge in [0.1, 0.15) is 5.82 Å². The molecule has 0 amide bonds. The molecule has 0 fully saturated rings. The van der Waals surface area contributed by atoms with Crippen molar-refractivity contribution in [2.24, 2.45) is 5.73 Å². The van der Waals surface area contributed by atoms with Crippen molar-refractivity contribution in [3.63, 3.8) is 0 Å². The molecule has 3 heteroatoms. The van der Waals surface area contributed by atoms with Crippen molar-refractivity contribution >= 4 is 11.6 Å². The summed E-state index contributed by atoms with van der Waals surface area (Å²) < 4.78 is 12.6. The third-order valence-electron chi connectivity index (χ3n) is 1.45. The Kier molecular flexibility index (Phi) is 2.47. The molecule has 0 aliphatic heterocycles. The van der Waals surface area contributed by atoms with E-state index in [-0.39, 0.29) is 11.9 Å². The summed E-state index contributed by atoms with van der Waals surface area (Å²) in [5, 5.41) is 0.515. The lowest BCUT2D eigenvalue weighted by Gasteiger charge is -2.06. The SMILES string of the molecule is C[C@H](N)c1cc(F)ccc1Cl. The lowest BCUT2D eigenvalue weighted by atomic mass is 10.1. The molecule has 0 spiro atoms. The lowest BCUT2D eigenvalue weighted by Crippen LogP contribution is -2.05. The first kappa shape index (κ1) is 8.50. The minimum Gasteiger partial charge on any atom is -0.324 e. The van der Waals surface area contributed by atoms with Crippen LogP contribution in [0.25, 0.3) is 0 Å². The van der Waals surface area contributed by atoms with Crippen LogP contribution in [0.4, 0.5) is 4.39 Å². The molecule has 0 aromatic heterocycles. The van der Waals surface area contributed by atoms with E-state index in [1.54, 1.807) is 6.92 Å². The predicted molar refractivity (Wildman–Crippen MR) is 44.0 cm³/mol. The smallest absolute Gasteiger partial charge is 0.123 e. The highest BCUT2D eigenvalue weighted by Gasteiger charge is 2.05. The van der Waals surface area contributed by atoms with E-state index in [1.165, 1.54) is 18.2 Å². The van der Waals surface area contributed by atoms with Gasteiger partial charge in [0, 0.05) is 11.1 Å². The van der Waals surface area contributed by atoms with Gasteiger partial charge in [-0.15, -0.1) is 0 Å². The van der Waals surface area contributed by atoms with E-state index in [0.29, 0.717) is 10.6 Å². The highest BCUT2D eigenvalue weighted by molar-refractivity contribution is 6.31. The van der Waals surface area contributed by atoms with Crippen LogP contribution < -0.4 is 5.73 Å². The van der Waals surface area contributed by atoms with Crippen LogP contribution in [0.3, 0.4) is 0 Å². The highest BCUT2D eigenvalue weighted by Crippen LogP contribution is 2.21. The molecule has 0 aliphatic carbocycles. The van der Waals surface area contributed by atoms with Gasteiger partial charge in [0.15, 0.2) is 0 Å². The van der Waals surface area contributed by atoms with Gasteiger partial charge in [0.25, 0.3) is 0 Å². The van der Waals surface area contributed by atoms with Crippen LogP contribution in [0.5, 0.6) is 0 Å². The molecule has 0 radical (unpaired) electrons. The van der Waals surface area contributed by atoms with Crippen LogP contribution in [-0.4, -0.2) is 0 Å². The fraction of sp³-hybridized carbons (Fsp3) is 0.250. The molecule has 0 aliphatic rings. The van der Waals surface area contributed by atoms with Gasteiger partial charge in [0.2, 0.25) is 0 Å². The third kappa shape index (κ3) is 1.91. The number of hydrogen-bond donors (Lipinski definition) is 1. The number of benzene rings is 1. The van der Waals surface area contributed by atoms with Crippen LogP contribution in [0.1, 0.15) is 18.5 Å². The fourth-order valence-corrected chi connectivity index (χ4v) is 1.15. The molecular formula is C8H9ClFN. The molecule has 1 aromatic rings. The zero-order chi connectivity index (χ0) is 8.43. The van der Waals surface area contributed by atoms with Crippen molar-refractivity contribution in [3.8, 4) is 0 Å². The molecule has 1 rings (SSSR count). The maximum atomic E-state index is 12.6. The Labute approximate surface area is 70.0 Å². The first-order valence-electron chi connectivity index (χ1n) is 3.32. The first-order chi connectivity index (χ1) is 5.11. The van der Waals surface area contributed by atoms with Crippen LogP contribution in [0.2, 0.25) is 5.02 Å². The molecule has 0 bridgehead atoms. The lowest BCUT2D eigenvalue weighted by molar-refractivity contribution is 0.622. The zero-order valence-electron chi connectivity index (χ0n) is 6.14. The van der Waals surface area contributed by atoms with Gasteiger partial charge in [-0.25, -0.2) is 4.39 Å². The zero-order valence-corrected chi connectivity index (χ0v) is 6.90. The minimum absolute atomic E-state index is 0.224. The van der Waals surface area contributed by atoms with E-state index in [2.05, 4.69) is 0 Å². The molecule has 1 atom stereocenters. The molecule has 0 saturated carbocycles. The first-order valence-corrected chi connectivity index (χ1v) is 3.69. The van der Waals surface area contributed by atoms with Crippen molar-refractivity contribution < 1.29 is 4.39 Å². The summed E-state index contributed by atoms with van der Waals surface area (Å²) in [6.07, 6.45) is 0. The van der Waals surface area contributed by atoms with Gasteiger partial charge in [-0.3, -0.25) is 0 Å². The second kappa shape index (κ2) is 3.20. The minimum atomic E-state index is -0.304. The summed E-state index contributed by atoms with van der Waals surface area (Å²) in [6.45, 7) is 1.76. The Morgan fingerprint density at radius 1 is 1.55 bits per heavy atom. The average molecular weight is 174 g/mol. The summed E-state index contributed by atoms with van der Waals surface area (Å²) >= 11 is 5.74. The monoisotopic (exact) mass is 173 g/mol. The molecule has 2 N–H and O–H groups in total.